The minimum Gasteiger partial charge on any atom is -0.431 e. The third-order valence-electron chi connectivity index (χ3n) is 1.43. The van der Waals surface area contributed by atoms with Gasteiger partial charge in [-0.25, -0.2) is 0 Å². The van der Waals surface area contributed by atoms with Gasteiger partial charge in [0.15, 0.2) is 0 Å². The van der Waals surface area contributed by atoms with Gasteiger partial charge in [0, 0.05) is 0 Å². The lowest BCUT2D eigenvalue weighted by Crippen LogP contribution is -2.14. The third-order valence-corrected chi connectivity index (χ3v) is 3.29. The van der Waals surface area contributed by atoms with E-state index < -0.39 is 9.04 Å². The molecule has 1 N–H and O–H groups in total. The van der Waals surface area contributed by atoms with Crippen molar-refractivity contribution in [2.45, 2.75) is 31.4 Å². The van der Waals surface area contributed by atoms with Crippen LogP contribution in [-0.2, 0) is 0 Å². The minimum atomic E-state index is -0.793. The summed E-state index contributed by atoms with van der Waals surface area (Å²) in [6, 6.07) is 2.29. The Labute approximate surface area is 46.1 Å². The molecule has 1 aliphatic heterocycles. The van der Waals surface area contributed by atoms with Crippen LogP contribution in [0.4, 0.5) is 0 Å². The molecule has 0 amide bonds. The first-order chi connectivity index (χ1) is 3.39. The van der Waals surface area contributed by atoms with Crippen LogP contribution in [0.5, 0.6) is 0 Å². The molecule has 1 aliphatic rings. The highest BCUT2D eigenvalue weighted by molar-refractivity contribution is 6.50. The number of hydrogen-bond acceptors (Lipinski definition) is 1. The van der Waals surface area contributed by atoms with Gasteiger partial charge in [-0.15, -0.1) is 0 Å². The van der Waals surface area contributed by atoms with Gasteiger partial charge in [0.1, 0.15) is 0 Å². The van der Waals surface area contributed by atoms with Gasteiger partial charge in [-0.2, -0.15) is 0 Å². The molecule has 1 saturated heterocycles. The molecule has 0 atom stereocenters. The molecule has 0 aromatic rings. The normalized spacial score (nSPS) is 25.3. The van der Waals surface area contributed by atoms with E-state index in [9.17, 15) is 0 Å². The van der Waals surface area contributed by atoms with Gasteiger partial charge < -0.3 is 4.80 Å². The van der Waals surface area contributed by atoms with E-state index in [2.05, 4.69) is 0 Å². The summed E-state index contributed by atoms with van der Waals surface area (Å²) in [4.78, 5) is 9.01. The second-order valence-corrected chi connectivity index (χ2v) is 4.26. The average molecular weight is 115 g/mol. The molecule has 7 heavy (non-hydrogen) atoms. The van der Waals surface area contributed by atoms with Crippen molar-refractivity contribution in [1.82, 2.24) is 0 Å². The van der Waals surface area contributed by atoms with Crippen molar-refractivity contribution in [3.05, 3.63) is 0 Å². The van der Waals surface area contributed by atoms with Crippen molar-refractivity contribution in [3.8, 4) is 0 Å². The van der Waals surface area contributed by atoms with E-state index in [1.54, 1.807) is 0 Å². The number of hydrogen-bond donors (Lipinski definition) is 1. The fourth-order valence-corrected chi connectivity index (χ4v) is 2.53. The Bertz CT molecular complexity index is 50.0. The summed E-state index contributed by atoms with van der Waals surface area (Å²) in [7, 11) is -0.793. The van der Waals surface area contributed by atoms with Gasteiger partial charge >= 0.3 is 0 Å². The summed E-state index contributed by atoms with van der Waals surface area (Å²) < 4.78 is 0. The van der Waals surface area contributed by atoms with Crippen LogP contribution in [0.25, 0.3) is 0 Å². The smallest absolute Gasteiger partial charge is 0.206 e. The topological polar surface area (TPSA) is 20.2 Å². The first-order valence-corrected chi connectivity index (χ1v) is 4.79. The van der Waals surface area contributed by atoms with Crippen LogP contribution in [0.15, 0.2) is 0 Å². The van der Waals surface area contributed by atoms with Crippen molar-refractivity contribution in [1.29, 1.82) is 0 Å². The largest absolute Gasteiger partial charge is 0.431 e. The van der Waals surface area contributed by atoms with E-state index >= 15 is 0 Å². The Morgan fingerprint density at radius 1 is 1.00 bits per heavy atom. The van der Waals surface area contributed by atoms with Gasteiger partial charge in [0.2, 0.25) is 9.04 Å². The second kappa shape index (κ2) is 2.48. The van der Waals surface area contributed by atoms with Crippen LogP contribution in [0, 0.1) is 0 Å². The standard InChI is InChI=1S/C5H11OSi/c6-7-4-2-1-3-5-7/h6H,1-5H2. The Kier molecular flexibility index (Phi) is 1.88. The molecule has 0 saturated carbocycles. The quantitative estimate of drug-likeness (QED) is 0.470. The van der Waals surface area contributed by atoms with Crippen molar-refractivity contribution in [2.75, 3.05) is 0 Å². The summed E-state index contributed by atoms with van der Waals surface area (Å²) in [5, 5.41) is 0. The Hall–Kier alpha value is 0.177. The van der Waals surface area contributed by atoms with Crippen LogP contribution < -0.4 is 0 Å². The molecular formula is C5H11OSi. The molecule has 0 unspecified atom stereocenters. The molecule has 1 rings (SSSR count). The SMILES string of the molecule is O[Si]1CCCCC1. The Morgan fingerprint density at radius 3 is 1.86 bits per heavy atom. The predicted molar refractivity (Wildman–Crippen MR) is 31.4 cm³/mol. The summed E-state index contributed by atoms with van der Waals surface area (Å²) in [6.45, 7) is 0. The van der Waals surface area contributed by atoms with Gasteiger partial charge in [0.25, 0.3) is 0 Å². The molecule has 1 heterocycles. The molecule has 0 aromatic heterocycles. The maximum Gasteiger partial charge on any atom is 0.206 e. The van der Waals surface area contributed by atoms with E-state index in [0.29, 0.717) is 0 Å². The van der Waals surface area contributed by atoms with Crippen molar-refractivity contribution >= 4 is 9.04 Å². The van der Waals surface area contributed by atoms with Crippen LogP contribution in [0.3, 0.4) is 0 Å². The molecular weight excluding hydrogens is 104 g/mol. The Morgan fingerprint density at radius 2 is 1.57 bits per heavy atom. The van der Waals surface area contributed by atoms with Crippen LogP contribution in [0.1, 0.15) is 19.3 Å². The zero-order chi connectivity index (χ0) is 5.11. The highest BCUT2D eigenvalue weighted by atomic mass is 28.3. The van der Waals surface area contributed by atoms with Gasteiger partial charge in [-0.3, -0.25) is 0 Å². The molecule has 0 aliphatic carbocycles. The molecule has 0 bridgehead atoms. The number of rotatable bonds is 0. The monoisotopic (exact) mass is 115 g/mol. The summed E-state index contributed by atoms with van der Waals surface area (Å²) in [5.74, 6) is 0. The molecule has 0 aromatic carbocycles. The highest BCUT2D eigenvalue weighted by Crippen LogP contribution is 2.15. The lowest BCUT2D eigenvalue weighted by Gasteiger charge is -2.11. The van der Waals surface area contributed by atoms with Crippen molar-refractivity contribution in [3.63, 3.8) is 0 Å². The third kappa shape index (κ3) is 1.61. The molecule has 1 radical (unpaired) electrons. The molecule has 0 spiro atoms. The van der Waals surface area contributed by atoms with Crippen LogP contribution in [0.2, 0.25) is 12.1 Å². The summed E-state index contributed by atoms with van der Waals surface area (Å²) in [5.41, 5.74) is 0. The van der Waals surface area contributed by atoms with E-state index in [4.69, 9.17) is 4.80 Å². The van der Waals surface area contributed by atoms with Gasteiger partial charge in [0.05, 0.1) is 0 Å². The van der Waals surface area contributed by atoms with E-state index in [1.807, 2.05) is 0 Å². The maximum absolute atomic E-state index is 9.01. The fraction of sp³-hybridized carbons (Fsp3) is 1.00. The predicted octanol–water partition coefficient (Wildman–Crippen LogP) is 1.15. The van der Waals surface area contributed by atoms with Crippen LogP contribution >= 0.6 is 0 Å². The summed E-state index contributed by atoms with van der Waals surface area (Å²) >= 11 is 0. The van der Waals surface area contributed by atoms with E-state index in [-0.39, 0.29) is 0 Å². The first-order valence-electron chi connectivity index (χ1n) is 2.93. The zero-order valence-electron chi connectivity index (χ0n) is 4.48. The minimum absolute atomic E-state index is 0.793. The molecule has 1 nitrogen and oxygen atoms in total. The fourth-order valence-electron chi connectivity index (χ4n) is 0.960. The van der Waals surface area contributed by atoms with Crippen molar-refractivity contribution in [2.24, 2.45) is 0 Å². The molecule has 2 heteroatoms. The average Bonchev–Trinajstić information content (AvgIpc) is 1.69. The van der Waals surface area contributed by atoms with Gasteiger partial charge in [-0.05, 0) is 12.1 Å². The lowest BCUT2D eigenvalue weighted by atomic mass is 10.3. The second-order valence-electron chi connectivity index (χ2n) is 2.13. The highest BCUT2D eigenvalue weighted by Gasteiger charge is 2.11. The molecule has 41 valence electrons. The van der Waals surface area contributed by atoms with Crippen molar-refractivity contribution < 1.29 is 4.80 Å². The van der Waals surface area contributed by atoms with E-state index in [1.165, 1.54) is 19.3 Å². The lowest BCUT2D eigenvalue weighted by molar-refractivity contribution is 0.533. The first kappa shape index (κ1) is 5.32. The Balaban J connectivity index is 2.12. The summed E-state index contributed by atoms with van der Waals surface area (Å²) in [6.07, 6.45) is 3.92. The van der Waals surface area contributed by atoms with Crippen LogP contribution in [-0.4, -0.2) is 13.8 Å². The zero-order valence-corrected chi connectivity index (χ0v) is 5.48. The van der Waals surface area contributed by atoms with Gasteiger partial charge in [-0.1, -0.05) is 19.3 Å². The maximum atomic E-state index is 9.01. The van der Waals surface area contributed by atoms with E-state index in [0.717, 1.165) is 12.1 Å². The molecule has 1 fully saturated rings.